The van der Waals surface area contributed by atoms with E-state index in [2.05, 4.69) is 0 Å². The largest absolute Gasteiger partial charge is 0.394 e. The van der Waals surface area contributed by atoms with Gasteiger partial charge in [-0.15, -0.1) is 0 Å². The van der Waals surface area contributed by atoms with Crippen LogP contribution in [0.5, 0.6) is 0 Å². The SMILES string of the molecule is O=C[C@H](O)C(=O)[C@@H](O)[C@H](O)CO. The van der Waals surface area contributed by atoms with Crippen LogP contribution in [-0.2, 0) is 9.59 Å². The van der Waals surface area contributed by atoms with Gasteiger partial charge in [0.15, 0.2) is 18.2 Å². The highest BCUT2D eigenvalue weighted by Crippen LogP contribution is 1.97. The van der Waals surface area contributed by atoms with Crippen molar-refractivity contribution in [2.75, 3.05) is 6.61 Å². The third-order valence-corrected chi connectivity index (χ3v) is 1.26. The predicted octanol–water partition coefficient (Wildman–Crippen LogP) is -3.17. The lowest BCUT2D eigenvalue weighted by atomic mass is 10.1. The number of aliphatic hydroxyl groups is 4. The Labute approximate surface area is 68.1 Å². The van der Waals surface area contributed by atoms with Gasteiger partial charge in [0.1, 0.15) is 12.2 Å². The van der Waals surface area contributed by atoms with Crippen molar-refractivity contribution in [3.05, 3.63) is 0 Å². The number of carbonyl (C=O) groups is 2. The van der Waals surface area contributed by atoms with Gasteiger partial charge in [0.25, 0.3) is 0 Å². The number of ketones is 1. The van der Waals surface area contributed by atoms with Gasteiger partial charge in [0.05, 0.1) is 6.61 Å². The van der Waals surface area contributed by atoms with Crippen LogP contribution >= 0.6 is 0 Å². The summed E-state index contributed by atoms with van der Waals surface area (Å²) in [6, 6.07) is 0. The zero-order chi connectivity index (χ0) is 9.72. The van der Waals surface area contributed by atoms with Crippen LogP contribution in [0.25, 0.3) is 0 Å². The smallest absolute Gasteiger partial charge is 0.199 e. The molecule has 0 aromatic rings. The van der Waals surface area contributed by atoms with Crippen molar-refractivity contribution >= 4 is 12.1 Å². The summed E-state index contributed by atoms with van der Waals surface area (Å²) >= 11 is 0. The van der Waals surface area contributed by atoms with Gasteiger partial charge >= 0.3 is 0 Å². The Morgan fingerprint density at radius 2 is 1.83 bits per heavy atom. The third kappa shape index (κ3) is 2.67. The van der Waals surface area contributed by atoms with E-state index in [1.807, 2.05) is 0 Å². The molecule has 0 amide bonds. The van der Waals surface area contributed by atoms with Crippen LogP contribution in [-0.4, -0.2) is 57.4 Å². The highest BCUT2D eigenvalue weighted by molar-refractivity contribution is 5.98. The zero-order valence-corrected chi connectivity index (χ0v) is 6.12. The molecule has 0 saturated heterocycles. The fraction of sp³-hybridized carbons (Fsp3) is 0.667. The summed E-state index contributed by atoms with van der Waals surface area (Å²) in [7, 11) is 0. The molecule has 0 aromatic heterocycles. The maximum absolute atomic E-state index is 10.7. The topological polar surface area (TPSA) is 115 Å². The fourth-order valence-corrected chi connectivity index (χ4v) is 0.531. The number of Topliss-reactive ketones (excluding diaryl/α,β-unsaturated/α-hetero) is 1. The fourth-order valence-electron chi connectivity index (χ4n) is 0.531. The van der Waals surface area contributed by atoms with E-state index in [0.717, 1.165) is 0 Å². The van der Waals surface area contributed by atoms with Crippen LogP contribution in [0.15, 0.2) is 0 Å². The monoisotopic (exact) mass is 178 g/mol. The molecule has 0 rings (SSSR count). The van der Waals surface area contributed by atoms with E-state index in [-0.39, 0.29) is 6.29 Å². The summed E-state index contributed by atoms with van der Waals surface area (Å²) in [5.74, 6) is -1.23. The number of aliphatic hydroxyl groups excluding tert-OH is 4. The molecular weight excluding hydrogens is 168 g/mol. The minimum atomic E-state index is -1.96. The summed E-state index contributed by atoms with van der Waals surface area (Å²) in [6.45, 7) is -0.821. The predicted molar refractivity (Wildman–Crippen MR) is 36.2 cm³/mol. The standard InChI is InChI=1S/C6H10O6/c7-1-3(9)5(11)6(12)4(10)2-8/h1,3-4,6,8-10,12H,2H2/t3-,4+,6-/m0/s1. The molecule has 0 aliphatic carbocycles. The minimum Gasteiger partial charge on any atom is -0.394 e. The molecule has 0 unspecified atom stereocenters. The molecule has 6 heteroatoms. The molecule has 12 heavy (non-hydrogen) atoms. The first-order valence-corrected chi connectivity index (χ1v) is 3.18. The average Bonchev–Trinajstić information content (AvgIpc) is 2.12. The molecule has 6 nitrogen and oxygen atoms in total. The van der Waals surface area contributed by atoms with E-state index in [1.165, 1.54) is 0 Å². The Kier molecular flexibility index (Phi) is 4.60. The number of hydrogen-bond acceptors (Lipinski definition) is 6. The Morgan fingerprint density at radius 1 is 1.33 bits per heavy atom. The molecular formula is C6H10O6. The molecule has 0 spiro atoms. The van der Waals surface area contributed by atoms with E-state index in [4.69, 9.17) is 20.4 Å². The molecule has 0 fully saturated rings. The van der Waals surface area contributed by atoms with Crippen LogP contribution in [0.2, 0.25) is 0 Å². The van der Waals surface area contributed by atoms with Gasteiger partial charge in [-0.05, 0) is 0 Å². The van der Waals surface area contributed by atoms with Gasteiger partial charge in [-0.25, -0.2) is 0 Å². The van der Waals surface area contributed by atoms with Crippen LogP contribution in [0.3, 0.4) is 0 Å². The Bertz CT molecular complexity index is 167. The van der Waals surface area contributed by atoms with Crippen molar-refractivity contribution in [2.45, 2.75) is 18.3 Å². The van der Waals surface area contributed by atoms with Crippen molar-refractivity contribution in [2.24, 2.45) is 0 Å². The summed E-state index contributed by atoms with van der Waals surface area (Å²) < 4.78 is 0. The first kappa shape index (κ1) is 11.2. The summed E-state index contributed by atoms with van der Waals surface area (Å²) in [6.07, 6.45) is -5.64. The maximum Gasteiger partial charge on any atom is 0.199 e. The van der Waals surface area contributed by atoms with Crippen molar-refractivity contribution in [1.29, 1.82) is 0 Å². The van der Waals surface area contributed by atoms with Gasteiger partial charge in [0, 0.05) is 0 Å². The van der Waals surface area contributed by atoms with Crippen molar-refractivity contribution in [3.8, 4) is 0 Å². The Hall–Kier alpha value is -0.820. The van der Waals surface area contributed by atoms with Gasteiger partial charge in [-0.3, -0.25) is 9.59 Å². The van der Waals surface area contributed by atoms with Gasteiger partial charge in [-0.1, -0.05) is 0 Å². The van der Waals surface area contributed by atoms with Crippen LogP contribution in [0.4, 0.5) is 0 Å². The number of aldehydes is 1. The first-order valence-electron chi connectivity index (χ1n) is 3.18. The van der Waals surface area contributed by atoms with Gasteiger partial charge < -0.3 is 20.4 Å². The van der Waals surface area contributed by atoms with Crippen LogP contribution in [0.1, 0.15) is 0 Å². The molecule has 0 bridgehead atoms. The van der Waals surface area contributed by atoms with E-state index in [0.29, 0.717) is 0 Å². The highest BCUT2D eigenvalue weighted by Gasteiger charge is 2.28. The lowest BCUT2D eigenvalue weighted by molar-refractivity contribution is -0.145. The number of hydrogen-bond donors (Lipinski definition) is 4. The third-order valence-electron chi connectivity index (χ3n) is 1.26. The second-order valence-corrected chi connectivity index (χ2v) is 2.18. The second-order valence-electron chi connectivity index (χ2n) is 2.18. The van der Waals surface area contributed by atoms with Gasteiger partial charge in [0.2, 0.25) is 0 Å². The van der Waals surface area contributed by atoms with Crippen molar-refractivity contribution in [3.63, 3.8) is 0 Å². The Balaban J connectivity index is 4.18. The lowest BCUT2D eigenvalue weighted by Gasteiger charge is -2.14. The van der Waals surface area contributed by atoms with Crippen LogP contribution in [0, 0.1) is 0 Å². The molecule has 0 saturated carbocycles. The molecule has 3 atom stereocenters. The normalized spacial score (nSPS) is 18.0. The van der Waals surface area contributed by atoms with E-state index >= 15 is 0 Å². The number of rotatable bonds is 5. The highest BCUT2D eigenvalue weighted by atomic mass is 16.4. The summed E-state index contributed by atoms with van der Waals surface area (Å²) in [5.41, 5.74) is 0. The average molecular weight is 178 g/mol. The molecule has 0 radical (unpaired) electrons. The molecule has 0 heterocycles. The van der Waals surface area contributed by atoms with E-state index in [9.17, 15) is 9.59 Å². The molecule has 0 aliphatic rings. The second kappa shape index (κ2) is 4.94. The van der Waals surface area contributed by atoms with Crippen LogP contribution < -0.4 is 0 Å². The molecule has 70 valence electrons. The van der Waals surface area contributed by atoms with Gasteiger partial charge in [-0.2, -0.15) is 0 Å². The summed E-state index contributed by atoms with van der Waals surface area (Å²) in [4.78, 5) is 20.5. The molecule has 0 aromatic carbocycles. The molecule has 4 N–H and O–H groups in total. The molecule has 0 aliphatic heterocycles. The zero-order valence-electron chi connectivity index (χ0n) is 6.12. The lowest BCUT2D eigenvalue weighted by Crippen LogP contribution is -2.42. The maximum atomic E-state index is 10.7. The van der Waals surface area contributed by atoms with Crippen molar-refractivity contribution < 1.29 is 30.0 Å². The van der Waals surface area contributed by atoms with E-state index < -0.39 is 30.7 Å². The minimum absolute atomic E-state index is 0.0738. The first-order chi connectivity index (χ1) is 5.54. The summed E-state index contributed by atoms with van der Waals surface area (Å²) in [5, 5.41) is 34.3. The van der Waals surface area contributed by atoms with E-state index in [1.54, 1.807) is 0 Å². The number of carbonyl (C=O) groups excluding carboxylic acids is 2. The Morgan fingerprint density at radius 3 is 2.17 bits per heavy atom. The quantitative estimate of drug-likeness (QED) is 0.261. The van der Waals surface area contributed by atoms with Crippen molar-refractivity contribution in [1.82, 2.24) is 0 Å².